The summed E-state index contributed by atoms with van der Waals surface area (Å²) in [7, 11) is 1.70. The Morgan fingerprint density at radius 2 is 2.24 bits per heavy atom. The first-order chi connectivity index (χ1) is 10.2. The Labute approximate surface area is 124 Å². The minimum absolute atomic E-state index is 0.275. The van der Waals surface area contributed by atoms with Crippen LogP contribution in [0.4, 0.5) is 0 Å². The lowest BCUT2D eigenvalue weighted by molar-refractivity contribution is 0.0709. The molecule has 1 saturated heterocycles. The van der Waals surface area contributed by atoms with Crippen molar-refractivity contribution in [2.45, 2.75) is 38.8 Å². The first kappa shape index (κ1) is 14.1. The third-order valence-electron chi connectivity index (χ3n) is 3.92. The molecule has 112 valence electrons. The molecule has 2 heterocycles. The van der Waals surface area contributed by atoms with Crippen molar-refractivity contribution in [2.24, 2.45) is 0 Å². The van der Waals surface area contributed by atoms with Gasteiger partial charge in [-0.05, 0) is 24.1 Å². The fourth-order valence-electron chi connectivity index (χ4n) is 2.59. The Balaban J connectivity index is 1.68. The molecule has 0 amide bonds. The minimum Gasteiger partial charge on any atom is -0.497 e. The zero-order valence-electron chi connectivity index (χ0n) is 12.7. The highest BCUT2D eigenvalue weighted by Gasteiger charge is 2.30. The van der Waals surface area contributed by atoms with Gasteiger partial charge in [0, 0.05) is 18.5 Å². The molecule has 2 aromatic rings. The summed E-state index contributed by atoms with van der Waals surface area (Å²) in [6, 6.07) is 8.67. The molecule has 0 spiro atoms. The molecule has 1 aromatic heterocycles. The smallest absolute Gasteiger partial charge is 0.230 e. The van der Waals surface area contributed by atoms with Gasteiger partial charge in [0.2, 0.25) is 11.8 Å². The highest BCUT2D eigenvalue weighted by atomic mass is 16.5. The van der Waals surface area contributed by atoms with Crippen LogP contribution in [0, 0.1) is 0 Å². The van der Waals surface area contributed by atoms with E-state index in [-0.39, 0.29) is 5.92 Å². The van der Waals surface area contributed by atoms with Crippen LogP contribution in [0.1, 0.15) is 49.6 Å². The number of hydrogen-bond acceptors (Lipinski definition) is 5. The van der Waals surface area contributed by atoms with Crippen molar-refractivity contribution < 1.29 is 9.15 Å². The second-order valence-corrected chi connectivity index (χ2v) is 5.74. The van der Waals surface area contributed by atoms with E-state index in [0.717, 1.165) is 18.7 Å². The van der Waals surface area contributed by atoms with Crippen LogP contribution in [-0.4, -0.2) is 28.8 Å². The lowest BCUT2D eigenvalue weighted by Crippen LogP contribution is -2.40. The lowest BCUT2D eigenvalue weighted by atomic mass is 9.94. The van der Waals surface area contributed by atoms with Gasteiger partial charge in [-0.2, -0.15) is 0 Å². The fraction of sp³-hybridized carbons (Fsp3) is 0.500. The lowest BCUT2D eigenvalue weighted by Gasteiger charge is -2.40. The average molecular weight is 287 g/mol. The molecule has 5 heteroatoms. The van der Waals surface area contributed by atoms with E-state index in [0.29, 0.717) is 24.4 Å². The zero-order chi connectivity index (χ0) is 14.8. The molecule has 5 nitrogen and oxygen atoms in total. The first-order valence-corrected chi connectivity index (χ1v) is 7.37. The van der Waals surface area contributed by atoms with Crippen molar-refractivity contribution in [1.29, 1.82) is 0 Å². The Kier molecular flexibility index (Phi) is 3.92. The molecule has 1 aliphatic rings. The summed E-state index contributed by atoms with van der Waals surface area (Å²) in [5, 5.41) is 8.23. The third-order valence-corrected chi connectivity index (χ3v) is 3.92. The van der Waals surface area contributed by atoms with Gasteiger partial charge >= 0.3 is 0 Å². The van der Waals surface area contributed by atoms with Crippen LogP contribution in [0.25, 0.3) is 0 Å². The molecular weight excluding hydrogens is 266 g/mol. The topological polar surface area (TPSA) is 51.4 Å². The van der Waals surface area contributed by atoms with Crippen molar-refractivity contribution in [1.82, 2.24) is 15.1 Å². The number of aromatic nitrogens is 2. The summed E-state index contributed by atoms with van der Waals surface area (Å²) in [6.45, 7) is 5.88. The summed E-state index contributed by atoms with van der Waals surface area (Å²) in [6.07, 6.45) is 1.15. The van der Waals surface area contributed by atoms with Crippen LogP contribution in [0.2, 0.25) is 0 Å². The molecular formula is C16H21N3O2. The zero-order valence-corrected chi connectivity index (χ0v) is 12.7. The van der Waals surface area contributed by atoms with Crippen LogP contribution in [0.15, 0.2) is 28.7 Å². The summed E-state index contributed by atoms with van der Waals surface area (Å²) in [5.41, 5.74) is 1.28. The molecule has 1 aromatic carbocycles. The maximum atomic E-state index is 5.69. The predicted octanol–water partition coefficient (Wildman–Crippen LogP) is 3.15. The maximum absolute atomic E-state index is 5.69. The predicted molar refractivity (Wildman–Crippen MR) is 79.1 cm³/mol. The molecule has 0 bridgehead atoms. The third kappa shape index (κ3) is 2.93. The molecule has 0 saturated carbocycles. The second-order valence-electron chi connectivity index (χ2n) is 5.74. The molecule has 0 radical (unpaired) electrons. The number of nitrogens with zero attached hydrogens (tertiary/aromatic N) is 3. The standard InChI is InChI=1S/C16H21N3O2/c1-11(2)16-18-17-15(21-16)10-19-8-7-14(19)12-5-4-6-13(9-12)20-3/h4-6,9,11,14H,7-8,10H2,1-3H3/t14-/m0/s1. The van der Waals surface area contributed by atoms with E-state index in [1.807, 2.05) is 12.1 Å². The molecule has 1 atom stereocenters. The van der Waals surface area contributed by atoms with Gasteiger partial charge in [0.25, 0.3) is 0 Å². The van der Waals surface area contributed by atoms with Gasteiger partial charge in [0.1, 0.15) is 5.75 Å². The Hall–Kier alpha value is -1.88. The van der Waals surface area contributed by atoms with E-state index in [1.165, 1.54) is 5.56 Å². The molecule has 21 heavy (non-hydrogen) atoms. The quantitative estimate of drug-likeness (QED) is 0.845. The van der Waals surface area contributed by atoms with Gasteiger partial charge in [-0.3, -0.25) is 4.90 Å². The monoisotopic (exact) mass is 287 g/mol. The largest absolute Gasteiger partial charge is 0.497 e. The van der Waals surface area contributed by atoms with Crippen molar-refractivity contribution in [3.63, 3.8) is 0 Å². The number of rotatable bonds is 5. The van der Waals surface area contributed by atoms with Crippen molar-refractivity contribution in [3.8, 4) is 5.75 Å². The van der Waals surface area contributed by atoms with Gasteiger partial charge in [0.05, 0.1) is 13.7 Å². The van der Waals surface area contributed by atoms with Crippen molar-refractivity contribution in [3.05, 3.63) is 41.6 Å². The van der Waals surface area contributed by atoms with E-state index in [9.17, 15) is 0 Å². The number of ether oxygens (including phenoxy) is 1. The highest BCUT2D eigenvalue weighted by Crippen LogP contribution is 2.35. The van der Waals surface area contributed by atoms with E-state index in [4.69, 9.17) is 9.15 Å². The van der Waals surface area contributed by atoms with Crippen molar-refractivity contribution in [2.75, 3.05) is 13.7 Å². The van der Waals surface area contributed by atoms with Crippen LogP contribution < -0.4 is 4.74 Å². The summed E-state index contributed by atoms with van der Waals surface area (Å²) in [5.74, 6) is 2.59. The molecule has 0 aliphatic carbocycles. The van der Waals surface area contributed by atoms with Crippen LogP contribution in [0.5, 0.6) is 5.75 Å². The number of hydrogen-bond donors (Lipinski definition) is 0. The second kappa shape index (κ2) is 5.85. The van der Waals surface area contributed by atoms with E-state index in [2.05, 4.69) is 41.1 Å². The maximum Gasteiger partial charge on any atom is 0.230 e. The molecule has 0 unspecified atom stereocenters. The Morgan fingerprint density at radius 1 is 1.38 bits per heavy atom. The van der Waals surface area contributed by atoms with Gasteiger partial charge < -0.3 is 9.15 Å². The highest BCUT2D eigenvalue weighted by molar-refractivity contribution is 5.31. The van der Waals surface area contributed by atoms with Crippen LogP contribution in [-0.2, 0) is 6.54 Å². The van der Waals surface area contributed by atoms with Crippen LogP contribution >= 0.6 is 0 Å². The van der Waals surface area contributed by atoms with Gasteiger partial charge in [-0.25, -0.2) is 0 Å². The number of benzene rings is 1. The fourth-order valence-corrected chi connectivity index (χ4v) is 2.59. The summed E-state index contributed by atoms with van der Waals surface area (Å²) in [4.78, 5) is 2.35. The number of methoxy groups -OCH3 is 1. The SMILES string of the molecule is COc1cccc([C@@H]2CCN2Cc2nnc(C(C)C)o2)c1. The summed E-state index contributed by atoms with van der Waals surface area (Å²) < 4.78 is 11.0. The molecule has 1 fully saturated rings. The molecule has 3 rings (SSSR count). The van der Waals surface area contributed by atoms with E-state index >= 15 is 0 Å². The Bertz CT molecular complexity index is 609. The van der Waals surface area contributed by atoms with Crippen molar-refractivity contribution >= 4 is 0 Å². The van der Waals surface area contributed by atoms with Gasteiger partial charge in [0.15, 0.2) is 0 Å². The van der Waals surface area contributed by atoms with Gasteiger partial charge in [-0.15, -0.1) is 10.2 Å². The summed E-state index contributed by atoms with van der Waals surface area (Å²) >= 11 is 0. The van der Waals surface area contributed by atoms with Gasteiger partial charge in [-0.1, -0.05) is 26.0 Å². The van der Waals surface area contributed by atoms with E-state index < -0.39 is 0 Å². The normalized spacial score (nSPS) is 18.8. The Morgan fingerprint density at radius 3 is 2.86 bits per heavy atom. The first-order valence-electron chi connectivity index (χ1n) is 7.37. The average Bonchev–Trinajstić information content (AvgIpc) is 2.93. The van der Waals surface area contributed by atoms with E-state index in [1.54, 1.807) is 7.11 Å². The van der Waals surface area contributed by atoms with Crippen LogP contribution in [0.3, 0.4) is 0 Å². The number of likely N-dealkylation sites (tertiary alicyclic amines) is 1. The molecule has 0 N–H and O–H groups in total. The minimum atomic E-state index is 0.275. The molecule has 1 aliphatic heterocycles.